The van der Waals surface area contributed by atoms with Gasteiger partial charge >= 0.3 is 0 Å². The molecular formula is C18H17NOS. The molecule has 1 amide bonds. The zero-order valence-corrected chi connectivity index (χ0v) is 13.2. The van der Waals surface area contributed by atoms with E-state index in [4.69, 9.17) is 0 Å². The first-order valence-electron chi connectivity index (χ1n) is 6.93. The van der Waals surface area contributed by atoms with Gasteiger partial charge in [-0.05, 0) is 49.4 Å². The lowest BCUT2D eigenvalue weighted by Crippen LogP contribution is -2.12. The van der Waals surface area contributed by atoms with Crippen LogP contribution in [0.1, 0.15) is 26.4 Å². The van der Waals surface area contributed by atoms with Gasteiger partial charge in [-0.15, -0.1) is 11.3 Å². The smallest absolute Gasteiger partial charge is 0.266 e. The minimum absolute atomic E-state index is 0.0272. The Bertz CT molecular complexity index is 832. The van der Waals surface area contributed by atoms with E-state index < -0.39 is 0 Å². The summed E-state index contributed by atoms with van der Waals surface area (Å²) in [4.78, 5) is 13.3. The van der Waals surface area contributed by atoms with Crippen LogP contribution in [0, 0.1) is 20.8 Å². The zero-order chi connectivity index (χ0) is 15.0. The highest BCUT2D eigenvalue weighted by Crippen LogP contribution is 2.31. The molecule has 0 bridgehead atoms. The summed E-state index contributed by atoms with van der Waals surface area (Å²) in [5.41, 5.74) is 4.21. The van der Waals surface area contributed by atoms with E-state index in [0.717, 1.165) is 31.8 Å². The Labute approximate surface area is 128 Å². The maximum atomic E-state index is 12.5. The summed E-state index contributed by atoms with van der Waals surface area (Å²) in [5.74, 6) is -0.0272. The van der Waals surface area contributed by atoms with E-state index in [1.807, 2.05) is 38.1 Å². The Morgan fingerprint density at radius 1 is 1.05 bits per heavy atom. The van der Waals surface area contributed by atoms with Gasteiger partial charge in [0.2, 0.25) is 0 Å². The van der Waals surface area contributed by atoms with Gasteiger partial charge in [0.15, 0.2) is 0 Å². The number of thiophene rings is 1. The minimum Gasteiger partial charge on any atom is -0.321 e. The predicted molar refractivity (Wildman–Crippen MR) is 90.4 cm³/mol. The maximum absolute atomic E-state index is 12.5. The van der Waals surface area contributed by atoms with Gasteiger partial charge in [-0.1, -0.05) is 35.9 Å². The highest BCUT2D eigenvalue weighted by atomic mass is 32.1. The molecule has 21 heavy (non-hydrogen) atoms. The van der Waals surface area contributed by atoms with Crippen molar-refractivity contribution in [1.82, 2.24) is 0 Å². The summed E-state index contributed by atoms with van der Waals surface area (Å²) in [6.45, 7) is 6.07. The van der Waals surface area contributed by atoms with Crippen LogP contribution in [0.5, 0.6) is 0 Å². The van der Waals surface area contributed by atoms with Crippen LogP contribution in [0.2, 0.25) is 0 Å². The fraction of sp³-hybridized carbons (Fsp3) is 0.167. The minimum atomic E-state index is -0.0272. The van der Waals surface area contributed by atoms with Crippen LogP contribution in [0.4, 0.5) is 5.69 Å². The lowest BCUT2D eigenvalue weighted by Gasteiger charge is -2.08. The van der Waals surface area contributed by atoms with Crippen molar-refractivity contribution in [1.29, 1.82) is 0 Å². The first kappa shape index (κ1) is 13.8. The van der Waals surface area contributed by atoms with Crippen LogP contribution in [-0.4, -0.2) is 5.91 Å². The number of nitrogens with one attached hydrogen (secondary N) is 1. The van der Waals surface area contributed by atoms with Crippen molar-refractivity contribution in [2.24, 2.45) is 0 Å². The van der Waals surface area contributed by atoms with Crippen LogP contribution in [0.25, 0.3) is 10.1 Å². The summed E-state index contributed by atoms with van der Waals surface area (Å²) in [6.07, 6.45) is 0. The normalized spacial score (nSPS) is 10.8. The molecule has 0 unspecified atom stereocenters. The molecule has 1 aromatic heterocycles. The number of aryl methyl sites for hydroxylation is 3. The standard InChI is InChI=1S/C18H17NOS/c1-11-8-9-15(12(2)10-11)19-18(20)17-13(3)14-6-4-5-7-16(14)21-17/h4-10H,1-3H3,(H,19,20). The maximum Gasteiger partial charge on any atom is 0.266 e. The van der Waals surface area contributed by atoms with E-state index in [1.54, 1.807) is 11.3 Å². The van der Waals surface area contributed by atoms with Gasteiger partial charge in [0.05, 0.1) is 4.88 Å². The third kappa shape index (κ3) is 2.57. The molecule has 0 aliphatic carbocycles. The summed E-state index contributed by atoms with van der Waals surface area (Å²) in [5, 5.41) is 4.19. The van der Waals surface area contributed by atoms with Gasteiger partial charge in [-0.3, -0.25) is 4.79 Å². The van der Waals surface area contributed by atoms with Crippen molar-refractivity contribution in [3.8, 4) is 0 Å². The molecule has 3 aromatic rings. The Balaban J connectivity index is 1.95. The number of hydrogen-bond donors (Lipinski definition) is 1. The van der Waals surface area contributed by atoms with Gasteiger partial charge in [0.25, 0.3) is 5.91 Å². The lowest BCUT2D eigenvalue weighted by molar-refractivity contribution is 0.103. The van der Waals surface area contributed by atoms with Gasteiger partial charge in [0, 0.05) is 10.4 Å². The molecule has 0 atom stereocenters. The molecule has 106 valence electrons. The fourth-order valence-electron chi connectivity index (χ4n) is 2.52. The molecule has 1 heterocycles. The first-order chi connectivity index (χ1) is 10.1. The fourth-order valence-corrected chi connectivity index (χ4v) is 3.63. The number of carbonyl (C=O) groups excluding carboxylic acids is 1. The predicted octanol–water partition coefficient (Wildman–Crippen LogP) is 5.08. The summed E-state index contributed by atoms with van der Waals surface area (Å²) < 4.78 is 1.15. The molecule has 1 N–H and O–H groups in total. The van der Waals surface area contributed by atoms with Crippen molar-refractivity contribution in [3.63, 3.8) is 0 Å². The second-order valence-electron chi connectivity index (χ2n) is 5.32. The highest BCUT2D eigenvalue weighted by Gasteiger charge is 2.15. The Morgan fingerprint density at radius 2 is 1.81 bits per heavy atom. The summed E-state index contributed by atoms with van der Waals surface area (Å²) in [6, 6.07) is 14.2. The van der Waals surface area contributed by atoms with Crippen LogP contribution < -0.4 is 5.32 Å². The van der Waals surface area contributed by atoms with Crippen molar-refractivity contribution >= 4 is 33.0 Å². The average Bonchev–Trinajstić information content (AvgIpc) is 2.80. The lowest BCUT2D eigenvalue weighted by atomic mass is 10.1. The van der Waals surface area contributed by atoms with Gasteiger partial charge < -0.3 is 5.32 Å². The second-order valence-corrected chi connectivity index (χ2v) is 6.38. The largest absolute Gasteiger partial charge is 0.321 e. The number of rotatable bonds is 2. The zero-order valence-electron chi connectivity index (χ0n) is 12.4. The molecule has 3 heteroatoms. The van der Waals surface area contributed by atoms with Gasteiger partial charge in [0.1, 0.15) is 0 Å². The topological polar surface area (TPSA) is 29.1 Å². The molecular weight excluding hydrogens is 278 g/mol. The number of carbonyl (C=O) groups is 1. The first-order valence-corrected chi connectivity index (χ1v) is 7.74. The van der Waals surface area contributed by atoms with Crippen molar-refractivity contribution in [2.45, 2.75) is 20.8 Å². The number of benzene rings is 2. The Kier molecular flexibility index (Phi) is 3.52. The molecule has 3 rings (SSSR count). The van der Waals surface area contributed by atoms with Crippen LogP contribution in [0.15, 0.2) is 42.5 Å². The highest BCUT2D eigenvalue weighted by molar-refractivity contribution is 7.21. The molecule has 2 aromatic carbocycles. The van der Waals surface area contributed by atoms with E-state index in [-0.39, 0.29) is 5.91 Å². The van der Waals surface area contributed by atoms with Crippen LogP contribution in [0.3, 0.4) is 0 Å². The number of fused-ring (bicyclic) bond motifs is 1. The molecule has 0 spiro atoms. The molecule has 0 saturated heterocycles. The third-order valence-corrected chi connectivity index (χ3v) is 4.95. The molecule has 0 aliphatic rings. The Hall–Kier alpha value is -2.13. The van der Waals surface area contributed by atoms with Crippen molar-refractivity contribution in [2.75, 3.05) is 5.32 Å². The third-order valence-electron chi connectivity index (χ3n) is 3.68. The average molecular weight is 295 g/mol. The SMILES string of the molecule is Cc1ccc(NC(=O)c2sc3ccccc3c2C)c(C)c1. The second kappa shape index (κ2) is 5.34. The number of hydrogen-bond acceptors (Lipinski definition) is 2. The van der Waals surface area contributed by atoms with Crippen LogP contribution >= 0.6 is 11.3 Å². The summed E-state index contributed by atoms with van der Waals surface area (Å²) in [7, 11) is 0. The Morgan fingerprint density at radius 3 is 2.52 bits per heavy atom. The molecule has 0 saturated carbocycles. The monoisotopic (exact) mass is 295 g/mol. The molecule has 2 nitrogen and oxygen atoms in total. The van der Waals surface area contributed by atoms with E-state index >= 15 is 0 Å². The van der Waals surface area contributed by atoms with E-state index in [2.05, 4.69) is 30.4 Å². The number of anilines is 1. The van der Waals surface area contributed by atoms with E-state index in [1.165, 1.54) is 5.56 Å². The van der Waals surface area contributed by atoms with Crippen LogP contribution in [-0.2, 0) is 0 Å². The molecule has 0 fully saturated rings. The van der Waals surface area contributed by atoms with Crippen molar-refractivity contribution in [3.05, 3.63) is 64.0 Å². The van der Waals surface area contributed by atoms with E-state index in [0.29, 0.717) is 0 Å². The van der Waals surface area contributed by atoms with E-state index in [9.17, 15) is 4.79 Å². The van der Waals surface area contributed by atoms with Gasteiger partial charge in [-0.2, -0.15) is 0 Å². The number of amides is 1. The molecule has 0 radical (unpaired) electrons. The summed E-state index contributed by atoms with van der Waals surface area (Å²) >= 11 is 1.55. The van der Waals surface area contributed by atoms with Gasteiger partial charge in [-0.25, -0.2) is 0 Å². The molecule has 0 aliphatic heterocycles. The quantitative estimate of drug-likeness (QED) is 0.702. The van der Waals surface area contributed by atoms with Crippen molar-refractivity contribution < 1.29 is 4.79 Å².